The van der Waals surface area contributed by atoms with Gasteiger partial charge in [-0.1, -0.05) is 30.3 Å². The fourth-order valence-electron chi connectivity index (χ4n) is 2.22. The zero-order valence-corrected chi connectivity index (χ0v) is 11.9. The Morgan fingerprint density at radius 2 is 2.05 bits per heavy atom. The topological polar surface area (TPSA) is 74.8 Å². The number of nitrogens with zero attached hydrogens (tertiary/aromatic N) is 1. The number of phenolic OH excluding ortho intramolecular Hbond substituents is 1. The lowest BCUT2D eigenvalue weighted by molar-refractivity contribution is 0.0953. The van der Waals surface area contributed by atoms with Crippen molar-refractivity contribution >= 4 is 22.9 Å². The molecule has 0 bridgehead atoms. The van der Waals surface area contributed by atoms with Gasteiger partial charge in [0.2, 0.25) is 0 Å². The quantitative estimate of drug-likeness (QED) is 0.575. The van der Waals surface area contributed by atoms with Gasteiger partial charge in [-0.2, -0.15) is 5.10 Å². The average molecular weight is 294 g/mol. The van der Waals surface area contributed by atoms with Crippen molar-refractivity contribution in [2.24, 2.45) is 5.10 Å². The van der Waals surface area contributed by atoms with Crippen molar-refractivity contribution < 1.29 is 14.3 Å². The van der Waals surface area contributed by atoms with Crippen molar-refractivity contribution in [2.45, 2.75) is 6.92 Å². The van der Waals surface area contributed by atoms with Crippen LogP contribution in [-0.4, -0.2) is 17.2 Å². The number of carbonyl (C=O) groups excluding carboxylic acids is 1. The summed E-state index contributed by atoms with van der Waals surface area (Å²) in [6, 6.07) is 12.7. The number of furan rings is 1. The maximum atomic E-state index is 11.9. The van der Waals surface area contributed by atoms with Crippen LogP contribution < -0.4 is 5.43 Å². The monoisotopic (exact) mass is 294 g/mol. The van der Waals surface area contributed by atoms with Crippen molar-refractivity contribution in [1.29, 1.82) is 0 Å². The molecule has 0 aliphatic carbocycles. The smallest absolute Gasteiger partial charge is 0.274 e. The number of aromatic hydroxyl groups is 1. The summed E-state index contributed by atoms with van der Waals surface area (Å²) in [5.41, 5.74) is 3.37. The Bertz CT molecular complexity index is 865. The number of fused-ring (bicyclic) bond motifs is 1. The van der Waals surface area contributed by atoms with Gasteiger partial charge in [-0.05, 0) is 24.4 Å². The second kappa shape index (κ2) is 5.73. The maximum absolute atomic E-state index is 11.9. The zero-order valence-electron chi connectivity index (χ0n) is 11.9. The van der Waals surface area contributed by atoms with Crippen LogP contribution in [0.15, 0.2) is 58.2 Å². The van der Waals surface area contributed by atoms with Crippen molar-refractivity contribution in [3.05, 3.63) is 65.6 Å². The number of rotatable bonds is 3. The second-order valence-electron chi connectivity index (χ2n) is 4.81. The number of carbonyl (C=O) groups is 1. The Morgan fingerprint density at radius 1 is 1.23 bits per heavy atom. The minimum atomic E-state index is -0.359. The van der Waals surface area contributed by atoms with Crippen LogP contribution in [0.1, 0.15) is 21.7 Å². The summed E-state index contributed by atoms with van der Waals surface area (Å²) in [5, 5.41) is 15.8. The first-order chi connectivity index (χ1) is 10.7. The summed E-state index contributed by atoms with van der Waals surface area (Å²) in [6.07, 6.45) is 2.86. The first-order valence-electron chi connectivity index (χ1n) is 6.75. The molecule has 0 saturated heterocycles. The van der Waals surface area contributed by atoms with Crippen molar-refractivity contribution in [3.63, 3.8) is 0 Å². The van der Waals surface area contributed by atoms with E-state index in [1.807, 2.05) is 30.3 Å². The van der Waals surface area contributed by atoms with Crippen LogP contribution in [0.25, 0.3) is 10.8 Å². The van der Waals surface area contributed by atoms with Crippen LogP contribution in [0.3, 0.4) is 0 Å². The Labute approximate surface area is 126 Å². The molecule has 0 aliphatic heterocycles. The predicted octanol–water partition coefficient (Wildman–Crippen LogP) is 3.21. The molecule has 1 heterocycles. The minimum Gasteiger partial charge on any atom is -0.507 e. The van der Waals surface area contributed by atoms with Gasteiger partial charge in [0, 0.05) is 10.9 Å². The molecule has 5 nitrogen and oxygen atoms in total. The van der Waals surface area contributed by atoms with Gasteiger partial charge in [0.15, 0.2) is 0 Å². The van der Waals surface area contributed by atoms with Gasteiger partial charge in [0.05, 0.1) is 18.0 Å². The van der Waals surface area contributed by atoms with E-state index >= 15 is 0 Å². The number of amides is 1. The standard InChI is InChI=1S/C17H14N2O3/c1-11-14(8-9-22-11)17(21)19-18-10-13-7-6-12-4-2-3-5-15(12)16(13)20/h2-10,20H,1H3,(H,19,21). The third kappa shape index (κ3) is 2.56. The van der Waals surface area contributed by atoms with E-state index in [1.165, 1.54) is 12.5 Å². The van der Waals surface area contributed by atoms with Gasteiger partial charge in [0.25, 0.3) is 5.91 Å². The summed E-state index contributed by atoms with van der Waals surface area (Å²) in [5.74, 6) is 0.305. The Hall–Kier alpha value is -3.08. The van der Waals surface area contributed by atoms with Crippen molar-refractivity contribution in [2.75, 3.05) is 0 Å². The molecule has 5 heteroatoms. The molecule has 0 radical (unpaired) electrons. The Balaban J connectivity index is 1.80. The van der Waals surface area contributed by atoms with E-state index in [9.17, 15) is 9.90 Å². The lowest BCUT2D eigenvalue weighted by Crippen LogP contribution is -2.17. The molecule has 0 atom stereocenters. The van der Waals surface area contributed by atoms with Crippen LogP contribution in [0.5, 0.6) is 5.75 Å². The third-order valence-corrected chi connectivity index (χ3v) is 3.40. The molecule has 0 saturated carbocycles. The Morgan fingerprint density at radius 3 is 2.82 bits per heavy atom. The highest BCUT2D eigenvalue weighted by Gasteiger charge is 2.10. The number of hydrogen-bond acceptors (Lipinski definition) is 4. The SMILES string of the molecule is Cc1occc1C(=O)NN=Cc1ccc2ccccc2c1O. The molecule has 1 aromatic heterocycles. The highest BCUT2D eigenvalue weighted by molar-refractivity contribution is 5.98. The lowest BCUT2D eigenvalue weighted by Gasteiger charge is -2.04. The number of aryl methyl sites for hydroxylation is 1. The van der Waals surface area contributed by atoms with Crippen LogP contribution in [-0.2, 0) is 0 Å². The van der Waals surface area contributed by atoms with Gasteiger partial charge in [-0.3, -0.25) is 4.79 Å². The molecule has 0 aliphatic rings. The maximum Gasteiger partial charge on any atom is 0.274 e. The Kier molecular flexibility index (Phi) is 3.62. The second-order valence-corrected chi connectivity index (χ2v) is 4.81. The van der Waals surface area contributed by atoms with E-state index in [4.69, 9.17) is 4.42 Å². The summed E-state index contributed by atoms with van der Waals surface area (Å²) in [7, 11) is 0. The van der Waals surface area contributed by atoms with Crippen LogP contribution in [0.4, 0.5) is 0 Å². The van der Waals surface area contributed by atoms with Gasteiger partial charge >= 0.3 is 0 Å². The summed E-state index contributed by atoms with van der Waals surface area (Å²) >= 11 is 0. The van der Waals surface area contributed by atoms with Crippen molar-refractivity contribution in [1.82, 2.24) is 5.43 Å². The molecular weight excluding hydrogens is 280 g/mol. The van der Waals surface area contributed by atoms with E-state index in [1.54, 1.807) is 19.1 Å². The summed E-state index contributed by atoms with van der Waals surface area (Å²) in [4.78, 5) is 11.9. The molecule has 3 aromatic rings. The molecule has 22 heavy (non-hydrogen) atoms. The third-order valence-electron chi connectivity index (χ3n) is 3.40. The number of hydrogen-bond donors (Lipinski definition) is 2. The molecule has 3 rings (SSSR count). The van der Waals surface area contributed by atoms with E-state index in [-0.39, 0.29) is 11.7 Å². The van der Waals surface area contributed by atoms with Crippen LogP contribution in [0.2, 0.25) is 0 Å². The normalized spacial score (nSPS) is 11.1. The largest absolute Gasteiger partial charge is 0.507 e. The van der Waals surface area contributed by atoms with Gasteiger partial charge < -0.3 is 9.52 Å². The van der Waals surface area contributed by atoms with Crippen LogP contribution >= 0.6 is 0 Å². The average Bonchev–Trinajstić information content (AvgIpc) is 2.96. The fourth-order valence-corrected chi connectivity index (χ4v) is 2.22. The highest BCUT2D eigenvalue weighted by Crippen LogP contribution is 2.27. The number of phenols is 1. The van der Waals surface area contributed by atoms with Gasteiger partial charge in [-0.25, -0.2) is 5.43 Å². The minimum absolute atomic E-state index is 0.135. The van der Waals surface area contributed by atoms with Gasteiger partial charge in [0.1, 0.15) is 11.5 Å². The summed E-state index contributed by atoms with van der Waals surface area (Å²) in [6.45, 7) is 1.70. The number of hydrazone groups is 1. The number of benzene rings is 2. The molecule has 0 fully saturated rings. The van der Waals surface area contributed by atoms with E-state index in [0.29, 0.717) is 16.9 Å². The fraction of sp³-hybridized carbons (Fsp3) is 0.0588. The zero-order chi connectivity index (χ0) is 15.5. The van der Waals surface area contributed by atoms with Crippen molar-refractivity contribution in [3.8, 4) is 5.75 Å². The first-order valence-corrected chi connectivity index (χ1v) is 6.75. The molecule has 0 spiro atoms. The molecule has 2 N–H and O–H groups in total. The summed E-state index contributed by atoms with van der Waals surface area (Å²) < 4.78 is 5.06. The van der Waals surface area contributed by atoms with Crippen LogP contribution in [0, 0.1) is 6.92 Å². The highest BCUT2D eigenvalue weighted by atomic mass is 16.3. The predicted molar refractivity (Wildman–Crippen MR) is 84.1 cm³/mol. The molecule has 2 aromatic carbocycles. The van der Waals surface area contributed by atoms with Gasteiger partial charge in [-0.15, -0.1) is 0 Å². The molecule has 0 unspecified atom stereocenters. The van der Waals surface area contributed by atoms with E-state index in [0.717, 1.165) is 10.8 Å². The molecular formula is C17H14N2O3. The van der Waals surface area contributed by atoms with E-state index in [2.05, 4.69) is 10.5 Å². The lowest BCUT2D eigenvalue weighted by atomic mass is 10.1. The molecule has 1 amide bonds. The number of nitrogens with one attached hydrogen (secondary N) is 1. The first kappa shape index (κ1) is 13.9. The molecule has 110 valence electrons. The van der Waals surface area contributed by atoms with E-state index < -0.39 is 0 Å².